The van der Waals surface area contributed by atoms with Crippen LogP contribution in [-0.4, -0.2) is 29.3 Å². The van der Waals surface area contributed by atoms with Gasteiger partial charge in [-0.2, -0.15) is 5.10 Å². The minimum Gasteiger partial charge on any atom is -0.356 e. The number of guanidine groups is 1. The number of nitrogens with one attached hydrogen (secondary N) is 2. The summed E-state index contributed by atoms with van der Waals surface area (Å²) in [6, 6.07) is 15.9. The van der Waals surface area contributed by atoms with E-state index >= 15 is 0 Å². The highest BCUT2D eigenvalue weighted by atomic mass is 127. The van der Waals surface area contributed by atoms with Crippen LogP contribution in [0.15, 0.2) is 65.8 Å². The van der Waals surface area contributed by atoms with Crippen molar-refractivity contribution in [3.8, 4) is 5.69 Å². The highest BCUT2D eigenvalue weighted by Crippen LogP contribution is 2.10. The molecule has 0 saturated heterocycles. The summed E-state index contributed by atoms with van der Waals surface area (Å²) in [7, 11) is 1.73. The van der Waals surface area contributed by atoms with Crippen molar-refractivity contribution in [2.24, 2.45) is 4.99 Å². The summed E-state index contributed by atoms with van der Waals surface area (Å²) in [5, 5.41) is 11.8. The Hall–Kier alpha value is -2.13. The first-order valence-corrected chi connectivity index (χ1v) is 9.01. The topological polar surface area (TPSA) is 54.2 Å². The number of hydrogen-bond acceptors (Lipinski definition) is 2. The molecule has 3 rings (SSSR count). The summed E-state index contributed by atoms with van der Waals surface area (Å²) in [6.45, 7) is 1.33. The Morgan fingerprint density at radius 1 is 1.14 bits per heavy atom. The molecule has 5 nitrogen and oxygen atoms in total. The van der Waals surface area contributed by atoms with E-state index in [9.17, 15) is 4.39 Å². The molecular formula is C20H22ClFIN5. The van der Waals surface area contributed by atoms with Gasteiger partial charge in [-0.25, -0.2) is 9.07 Å². The van der Waals surface area contributed by atoms with Crippen molar-refractivity contribution in [3.63, 3.8) is 0 Å². The zero-order chi connectivity index (χ0) is 19.1. The fourth-order valence-electron chi connectivity index (χ4n) is 2.59. The Morgan fingerprint density at radius 2 is 1.93 bits per heavy atom. The largest absolute Gasteiger partial charge is 0.356 e. The first-order valence-electron chi connectivity index (χ1n) is 8.63. The van der Waals surface area contributed by atoms with Gasteiger partial charge in [-0.05, 0) is 48.0 Å². The van der Waals surface area contributed by atoms with Crippen molar-refractivity contribution in [3.05, 3.63) is 82.9 Å². The van der Waals surface area contributed by atoms with E-state index in [2.05, 4.69) is 20.7 Å². The van der Waals surface area contributed by atoms with Gasteiger partial charge in [0.2, 0.25) is 0 Å². The van der Waals surface area contributed by atoms with Crippen LogP contribution < -0.4 is 10.6 Å². The summed E-state index contributed by atoms with van der Waals surface area (Å²) in [5.74, 6) is 0.458. The SMILES string of the molecule is CN=C(NCCc1ccn(-c2ccc(F)cc2)n1)NCc1cccc(Cl)c1.I. The van der Waals surface area contributed by atoms with Crippen molar-refractivity contribution in [2.45, 2.75) is 13.0 Å². The quantitative estimate of drug-likeness (QED) is 0.295. The second-order valence-electron chi connectivity index (χ2n) is 5.96. The average Bonchev–Trinajstić information content (AvgIpc) is 3.14. The number of benzene rings is 2. The molecule has 3 aromatic rings. The maximum absolute atomic E-state index is 13.0. The zero-order valence-electron chi connectivity index (χ0n) is 15.4. The smallest absolute Gasteiger partial charge is 0.191 e. The Morgan fingerprint density at radius 3 is 2.64 bits per heavy atom. The molecule has 0 spiro atoms. The zero-order valence-corrected chi connectivity index (χ0v) is 18.5. The lowest BCUT2D eigenvalue weighted by atomic mass is 10.2. The van der Waals surface area contributed by atoms with E-state index in [4.69, 9.17) is 11.6 Å². The van der Waals surface area contributed by atoms with Crippen LogP contribution in [0.2, 0.25) is 5.02 Å². The Kier molecular flexibility index (Phi) is 8.72. The van der Waals surface area contributed by atoms with Crippen LogP contribution >= 0.6 is 35.6 Å². The predicted octanol–water partition coefficient (Wildman–Crippen LogP) is 4.19. The van der Waals surface area contributed by atoms with E-state index in [-0.39, 0.29) is 29.8 Å². The number of nitrogens with zero attached hydrogens (tertiary/aromatic N) is 3. The molecule has 0 bridgehead atoms. The third-order valence-electron chi connectivity index (χ3n) is 3.98. The third kappa shape index (κ3) is 6.49. The van der Waals surface area contributed by atoms with Gasteiger partial charge in [0, 0.05) is 37.8 Å². The van der Waals surface area contributed by atoms with Crippen LogP contribution in [0.25, 0.3) is 5.69 Å². The highest BCUT2D eigenvalue weighted by Gasteiger charge is 2.03. The maximum Gasteiger partial charge on any atom is 0.191 e. The number of aromatic nitrogens is 2. The van der Waals surface area contributed by atoms with Gasteiger partial charge in [0.15, 0.2) is 5.96 Å². The molecule has 148 valence electrons. The molecule has 28 heavy (non-hydrogen) atoms. The minimum atomic E-state index is -0.257. The summed E-state index contributed by atoms with van der Waals surface area (Å²) < 4.78 is 14.7. The molecule has 0 fully saturated rings. The Bertz CT molecular complexity index is 911. The van der Waals surface area contributed by atoms with Gasteiger partial charge < -0.3 is 10.6 Å². The predicted molar refractivity (Wildman–Crippen MR) is 122 cm³/mol. The van der Waals surface area contributed by atoms with Crippen molar-refractivity contribution in [2.75, 3.05) is 13.6 Å². The molecule has 0 aliphatic carbocycles. The van der Waals surface area contributed by atoms with Gasteiger partial charge in [-0.15, -0.1) is 24.0 Å². The lowest BCUT2D eigenvalue weighted by Gasteiger charge is -2.11. The van der Waals surface area contributed by atoms with E-state index in [1.807, 2.05) is 36.5 Å². The van der Waals surface area contributed by atoms with Gasteiger partial charge in [-0.3, -0.25) is 4.99 Å². The van der Waals surface area contributed by atoms with Crippen molar-refractivity contribution < 1.29 is 4.39 Å². The van der Waals surface area contributed by atoms with E-state index in [1.54, 1.807) is 23.9 Å². The van der Waals surface area contributed by atoms with Crippen LogP contribution in [-0.2, 0) is 13.0 Å². The van der Waals surface area contributed by atoms with Gasteiger partial charge in [0.25, 0.3) is 0 Å². The van der Waals surface area contributed by atoms with Crippen molar-refractivity contribution >= 4 is 41.5 Å². The summed E-state index contributed by atoms with van der Waals surface area (Å²) in [4.78, 5) is 4.22. The van der Waals surface area contributed by atoms with E-state index < -0.39 is 0 Å². The lowest BCUT2D eigenvalue weighted by molar-refractivity contribution is 0.627. The van der Waals surface area contributed by atoms with E-state index in [0.717, 1.165) is 23.4 Å². The molecule has 0 unspecified atom stereocenters. The summed E-state index contributed by atoms with van der Waals surface area (Å²) >= 11 is 6.00. The van der Waals surface area contributed by atoms with Crippen LogP contribution in [0.3, 0.4) is 0 Å². The molecule has 8 heteroatoms. The van der Waals surface area contributed by atoms with E-state index in [0.29, 0.717) is 24.1 Å². The van der Waals surface area contributed by atoms with Crippen LogP contribution in [0, 0.1) is 5.82 Å². The average molecular weight is 514 g/mol. The molecule has 0 amide bonds. The van der Waals surface area contributed by atoms with Crippen LogP contribution in [0.4, 0.5) is 4.39 Å². The molecule has 0 saturated carbocycles. The second kappa shape index (κ2) is 11.0. The minimum absolute atomic E-state index is 0. The number of hydrogen-bond donors (Lipinski definition) is 2. The molecule has 2 N–H and O–H groups in total. The molecule has 0 aliphatic rings. The Labute approximate surface area is 186 Å². The molecule has 1 aromatic heterocycles. The van der Waals surface area contributed by atoms with Crippen molar-refractivity contribution in [1.82, 2.24) is 20.4 Å². The summed E-state index contributed by atoms with van der Waals surface area (Å²) in [5.41, 5.74) is 2.86. The Balaban J connectivity index is 0.00000280. The maximum atomic E-state index is 13.0. The molecule has 0 atom stereocenters. The highest BCUT2D eigenvalue weighted by molar-refractivity contribution is 14.0. The number of rotatable bonds is 6. The fourth-order valence-corrected chi connectivity index (χ4v) is 2.81. The summed E-state index contributed by atoms with van der Waals surface area (Å²) in [6.07, 6.45) is 2.61. The molecule has 1 heterocycles. The number of halogens is 3. The second-order valence-corrected chi connectivity index (χ2v) is 6.40. The van der Waals surface area contributed by atoms with Crippen LogP contribution in [0.1, 0.15) is 11.3 Å². The number of aliphatic imine (C=N–C) groups is 1. The molecule has 0 radical (unpaired) electrons. The fraction of sp³-hybridized carbons (Fsp3) is 0.200. The molecular weight excluding hydrogens is 492 g/mol. The first-order chi connectivity index (χ1) is 13.1. The molecule has 2 aromatic carbocycles. The van der Waals surface area contributed by atoms with Gasteiger partial charge in [-0.1, -0.05) is 23.7 Å². The lowest BCUT2D eigenvalue weighted by Crippen LogP contribution is -2.37. The third-order valence-corrected chi connectivity index (χ3v) is 4.22. The van der Waals surface area contributed by atoms with E-state index in [1.165, 1.54) is 12.1 Å². The standard InChI is InChI=1S/C20H21ClFN5.HI/c1-23-20(25-14-15-3-2-4-16(21)13-15)24-11-9-18-10-12-27(26-18)19-7-5-17(22)6-8-19;/h2-8,10,12-13H,9,11,14H2,1H3,(H2,23,24,25);1H. The van der Waals surface area contributed by atoms with Crippen LogP contribution in [0.5, 0.6) is 0 Å². The first kappa shape index (κ1) is 22.2. The normalized spacial score (nSPS) is 11.0. The van der Waals surface area contributed by atoms with Gasteiger partial charge in [0.1, 0.15) is 5.82 Å². The monoisotopic (exact) mass is 513 g/mol. The molecule has 0 aliphatic heterocycles. The van der Waals surface area contributed by atoms with Gasteiger partial charge in [0.05, 0.1) is 11.4 Å². The van der Waals surface area contributed by atoms with Crippen molar-refractivity contribution in [1.29, 1.82) is 0 Å². The van der Waals surface area contributed by atoms with Gasteiger partial charge >= 0.3 is 0 Å².